The standard InChI is InChI=1S/C13H26N2O2.ClH/c1-3-15(9-10-17-4-2)13(16)11-12-5-7-14-8-6-12;/h12,14H,3-11H2,1-2H3;1H. The molecule has 0 spiro atoms. The highest BCUT2D eigenvalue weighted by atomic mass is 35.5. The molecule has 0 saturated carbocycles. The van der Waals surface area contributed by atoms with Gasteiger partial charge in [-0.1, -0.05) is 0 Å². The van der Waals surface area contributed by atoms with E-state index in [2.05, 4.69) is 5.32 Å². The Kier molecular flexibility index (Phi) is 10.4. The third-order valence-corrected chi connectivity index (χ3v) is 3.37. The van der Waals surface area contributed by atoms with Crippen LogP contribution in [-0.2, 0) is 9.53 Å². The van der Waals surface area contributed by atoms with Crippen LogP contribution in [0.3, 0.4) is 0 Å². The Labute approximate surface area is 117 Å². The third-order valence-electron chi connectivity index (χ3n) is 3.37. The highest BCUT2D eigenvalue weighted by Gasteiger charge is 2.19. The lowest BCUT2D eigenvalue weighted by Crippen LogP contribution is -2.37. The van der Waals surface area contributed by atoms with E-state index in [0.29, 0.717) is 24.9 Å². The summed E-state index contributed by atoms with van der Waals surface area (Å²) in [6, 6.07) is 0. The number of rotatable bonds is 7. The molecule has 0 aliphatic carbocycles. The van der Waals surface area contributed by atoms with Gasteiger partial charge in [-0.25, -0.2) is 0 Å². The summed E-state index contributed by atoms with van der Waals surface area (Å²) in [5.41, 5.74) is 0. The van der Waals surface area contributed by atoms with E-state index in [1.165, 1.54) is 0 Å². The van der Waals surface area contributed by atoms with Gasteiger partial charge in [-0.15, -0.1) is 12.4 Å². The van der Waals surface area contributed by atoms with Crippen LogP contribution in [0.2, 0.25) is 0 Å². The first kappa shape index (κ1) is 17.7. The summed E-state index contributed by atoms with van der Waals surface area (Å²) in [4.78, 5) is 14.0. The predicted octanol–water partition coefficient (Wildman–Crippen LogP) is 1.68. The zero-order chi connectivity index (χ0) is 12.5. The number of hydrogen-bond donors (Lipinski definition) is 1. The van der Waals surface area contributed by atoms with Crippen LogP contribution in [0.5, 0.6) is 0 Å². The number of nitrogens with zero attached hydrogens (tertiary/aromatic N) is 1. The lowest BCUT2D eigenvalue weighted by atomic mass is 9.94. The first-order chi connectivity index (χ1) is 8.27. The van der Waals surface area contributed by atoms with Gasteiger partial charge in [0, 0.05) is 26.1 Å². The molecule has 0 aromatic rings. The van der Waals surface area contributed by atoms with E-state index >= 15 is 0 Å². The van der Waals surface area contributed by atoms with Gasteiger partial charge in [0.1, 0.15) is 0 Å². The number of nitrogens with one attached hydrogen (secondary N) is 1. The molecule has 1 fully saturated rings. The molecule has 0 aromatic carbocycles. The van der Waals surface area contributed by atoms with E-state index in [9.17, 15) is 4.79 Å². The molecule has 0 aromatic heterocycles. The molecule has 1 aliphatic heterocycles. The van der Waals surface area contributed by atoms with Crippen LogP contribution in [0.15, 0.2) is 0 Å². The van der Waals surface area contributed by atoms with Gasteiger partial charge >= 0.3 is 0 Å². The molecule has 108 valence electrons. The number of hydrogen-bond acceptors (Lipinski definition) is 3. The van der Waals surface area contributed by atoms with Gasteiger partial charge in [-0.05, 0) is 45.7 Å². The average molecular weight is 279 g/mol. The van der Waals surface area contributed by atoms with Crippen LogP contribution in [0, 0.1) is 5.92 Å². The maximum atomic E-state index is 12.1. The molecule has 18 heavy (non-hydrogen) atoms. The zero-order valence-electron chi connectivity index (χ0n) is 11.6. The minimum atomic E-state index is 0. The number of carbonyl (C=O) groups is 1. The Morgan fingerprint density at radius 1 is 1.33 bits per heavy atom. The van der Waals surface area contributed by atoms with Crippen molar-refractivity contribution < 1.29 is 9.53 Å². The molecule has 1 saturated heterocycles. The first-order valence-corrected chi connectivity index (χ1v) is 6.84. The normalized spacial score (nSPS) is 16.1. The maximum absolute atomic E-state index is 12.1. The Bertz CT molecular complexity index is 221. The minimum Gasteiger partial charge on any atom is -0.380 e. The molecular formula is C13H27ClN2O2. The summed E-state index contributed by atoms with van der Waals surface area (Å²) in [6.45, 7) is 9.03. The summed E-state index contributed by atoms with van der Waals surface area (Å²) in [7, 11) is 0. The van der Waals surface area contributed by atoms with Gasteiger partial charge in [0.25, 0.3) is 0 Å². The van der Waals surface area contributed by atoms with Crippen molar-refractivity contribution in [2.75, 3.05) is 39.4 Å². The molecule has 4 nitrogen and oxygen atoms in total. The number of halogens is 1. The Morgan fingerprint density at radius 3 is 2.56 bits per heavy atom. The quantitative estimate of drug-likeness (QED) is 0.721. The maximum Gasteiger partial charge on any atom is 0.222 e. The van der Waals surface area contributed by atoms with Gasteiger partial charge in [0.15, 0.2) is 0 Å². The highest BCUT2D eigenvalue weighted by molar-refractivity contribution is 5.85. The molecule has 1 amide bonds. The van der Waals surface area contributed by atoms with Crippen molar-refractivity contribution in [1.82, 2.24) is 10.2 Å². The van der Waals surface area contributed by atoms with Crippen molar-refractivity contribution >= 4 is 18.3 Å². The van der Waals surface area contributed by atoms with Gasteiger partial charge in [-0.2, -0.15) is 0 Å². The molecule has 1 aliphatic rings. The summed E-state index contributed by atoms with van der Waals surface area (Å²) in [5.74, 6) is 0.865. The van der Waals surface area contributed by atoms with Crippen molar-refractivity contribution in [3.63, 3.8) is 0 Å². The summed E-state index contributed by atoms with van der Waals surface area (Å²) < 4.78 is 5.30. The second-order valence-electron chi connectivity index (χ2n) is 4.57. The number of piperidine rings is 1. The van der Waals surface area contributed by atoms with Crippen LogP contribution >= 0.6 is 12.4 Å². The van der Waals surface area contributed by atoms with E-state index < -0.39 is 0 Å². The summed E-state index contributed by atoms with van der Waals surface area (Å²) in [5, 5.41) is 3.33. The van der Waals surface area contributed by atoms with Gasteiger partial charge in [-0.3, -0.25) is 4.79 Å². The number of ether oxygens (including phenoxy) is 1. The smallest absolute Gasteiger partial charge is 0.222 e. The van der Waals surface area contributed by atoms with Crippen molar-refractivity contribution in [1.29, 1.82) is 0 Å². The van der Waals surface area contributed by atoms with Crippen molar-refractivity contribution in [3.05, 3.63) is 0 Å². The fourth-order valence-corrected chi connectivity index (χ4v) is 2.24. The first-order valence-electron chi connectivity index (χ1n) is 6.84. The molecular weight excluding hydrogens is 252 g/mol. The second-order valence-corrected chi connectivity index (χ2v) is 4.57. The van der Waals surface area contributed by atoms with Crippen molar-refractivity contribution in [2.45, 2.75) is 33.1 Å². The molecule has 5 heteroatoms. The molecule has 1 rings (SSSR count). The van der Waals surface area contributed by atoms with E-state index in [1.807, 2.05) is 18.7 Å². The van der Waals surface area contributed by atoms with Gasteiger partial charge < -0.3 is 15.0 Å². The number of amides is 1. The topological polar surface area (TPSA) is 41.6 Å². The van der Waals surface area contributed by atoms with E-state index in [0.717, 1.165) is 45.6 Å². The van der Waals surface area contributed by atoms with Crippen LogP contribution < -0.4 is 5.32 Å². The summed E-state index contributed by atoms with van der Waals surface area (Å²) >= 11 is 0. The largest absolute Gasteiger partial charge is 0.380 e. The average Bonchev–Trinajstić information content (AvgIpc) is 2.36. The molecule has 1 heterocycles. The van der Waals surface area contributed by atoms with Gasteiger partial charge in [0.05, 0.1) is 6.61 Å². The van der Waals surface area contributed by atoms with E-state index in [1.54, 1.807) is 0 Å². The second kappa shape index (κ2) is 10.6. The van der Waals surface area contributed by atoms with E-state index in [-0.39, 0.29) is 12.4 Å². The Hall–Kier alpha value is -0.320. The number of likely N-dealkylation sites (N-methyl/N-ethyl adjacent to an activating group) is 1. The van der Waals surface area contributed by atoms with Crippen LogP contribution in [0.1, 0.15) is 33.1 Å². The summed E-state index contributed by atoms with van der Waals surface area (Å²) in [6.07, 6.45) is 2.98. The molecule has 0 bridgehead atoms. The number of carbonyl (C=O) groups excluding carboxylic acids is 1. The SMILES string of the molecule is CCOCCN(CC)C(=O)CC1CCNCC1.Cl. The molecule has 0 radical (unpaired) electrons. The van der Waals surface area contributed by atoms with Gasteiger partial charge in [0.2, 0.25) is 5.91 Å². The highest BCUT2D eigenvalue weighted by Crippen LogP contribution is 2.17. The molecule has 1 N–H and O–H groups in total. The minimum absolute atomic E-state index is 0. The van der Waals surface area contributed by atoms with Crippen LogP contribution in [0.4, 0.5) is 0 Å². The van der Waals surface area contributed by atoms with Crippen LogP contribution in [-0.4, -0.2) is 50.2 Å². The van der Waals surface area contributed by atoms with Crippen molar-refractivity contribution in [2.24, 2.45) is 5.92 Å². The monoisotopic (exact) mass is 278 g/mol. The van der Waals surface area contributed by atoms with Crippen molar-refractivity contribution in [3.8, 4) is 0 Å². The fourth-order valence-electron chi connectivity index (χ4n) is 2.24. The zero-order valence-corrected chi connectivity index (χ0v) is 12.4. The lowest BCUT2D eigenvalue weighted by Gasteiger charge is -2.26. The van der Waals surface area contributed by atoms with Crippen LogP contribution in [0.25, 0.3) is 0 Å². The predicted molar refractivity (Wildman–Crippen MR) is 76.2 cm³/mol. The Balaban J connectivity index is 0.00000289. The molecule has 0 atom stereocenters. The molecule has 0 unspecified atom stereocenters. The lowest BCUT2D eigenvalue weighted by molar-refractivity contribution is -0.133. The third kappa shape index (κ3) is 6.57. The van der Waals surface area contributed by atoms with E-state index in [4.69, 9.17) is 4.74 Å². The Morgan fingerprint density at radius 2 is 2.00 bits per heavy atom. The fraction of sp³-hybridized carbons (Fsp3) is 0.923.